The number of hydrogen-bond donors (Lipinski definition) is 1. The molecule has 1 fully saturated rings. The summed E-state index contributed by atoms with van der Waals surface area (Å²) >= 11 is 0. The molecule has 0 aromatic heterocycles. The zero-order valence-electron chi connectivity index (χ0n) is 16.5. The number of ether oxygens (including phenoxy) is 2. The van der Waals surface area contributed by atoms with E-state index in [1.54, 1.807) is 7.11 Å². The van der Waals surface area contributed by atoms with E-state index in [9.17, 15) is 4.79 Å². The van der Waals surface area contributed by atoms with E-state index in [2.05, 4.69) is 32.2 Å². The van der Waals surface area contributed by atoms with Crippen molar-refractivity contribution in [2.75, 3.05) is 26.8 Å². The Bertz CT molecular complexity index is 639. The monoisotopic (exact) mass is 360 g/mol. The number of carbonyl (C=O) groups is 1. The maximum Gasteiger partial charge on any atom is 0.317 e. The minimum atomic E-state index is 0.0247. The Labute approximate surface area is 157 Å². The Morgan fingerprint density at radius 2 is 2.15 bits per heavy atom. The first-order chi connectivity index (χ1) is 12.4. The molecule has 2 unspecified atom stereocenters. The Hall–Kier alpha value is -1.75. The van der Waals surface area contributed by atoms with E-state index in [0.717, 1.165) is 38.2 Å². The first-order valence-electron chi connectivity index (χ1n) is 9.68. The zero-order chi connectivity index (χ0) is 18.7. The summed E-state index contributed by atoms with van der Waals surface area (Å²) in [4.78, 5) is 14.6. The minimum Gasteiger partial charge on any atom is -0.497 e. The largest absolute Gasteiger partial charge is 0.497 e. The van der Waals surface area contributed by atoms with Crippen molar-refractivity contribution < 1.29 is 14.3 Å². The van der Waals surface area contributed by atoms with Crippen LogP contribution in [0, 0.1) is 11.3 Å². The van der Waals surface area contributed by atoms with Crippen LogP contribution in [-0.2, 0) is 17.7 Å². The fraction of sp³-hybridized carbons (Fsp3) is 0.667. The average Bonchev–Trinajstić information content (AvgIpc) is 2.64. The van der Waals surface area contributed by atoms with Crippen LogP contribution in [0.15, 0.2) is 18.2 Å². The molecule has 1 aromatic carbocycles. The van der Waals surface area contributed by atoms with E-state index >= 15 is 0 Å². The van der Waals surface area contributed by atoms with Crippen LogP contribution in [0.5, 0.6) is 5.75 Å². The average molecular weight is 360 g/mol. The van der Waals surface area contributed by atoms with E-state index in [0.29, 0.717) is 19.0 Å². The quantitative estimate of drug-likeness (QED) is 0.896. The number of rotatable bonds is 3. The van der Waals surface area contributed by atoms with Gasteiger partial charge in [-0.25, -0.2) is 4.79 Å². The van der Waals surface area contributed by atoms with Gasteiger partial charge < -0.3 is 19.7 Å². The van der Waals surface area contributed by atoms with Gasteiger partial charge in [0.05, 0.1) is 13.2 Å². The molecule has 3 rings (SSSR count). The topological polar surface area (TPSA) is 50.8 Å². The summed E-state index contributed by atoms with van der Waals surface area (Å²) in [5, 5.41) is 3.16. The van der Waals surface area contributed by atoms with Crippen LogP contribution < -0.4 is 10.1 Å². The molecule has 1 saturated heterocycles. The number of carbonyl (C=O) groups excluding carboxylic acids is 1. The number of amides is 2. The van der Waals surface area contributed by atoms with Crippen LogP contribution in [0.25, 0.3) is 0 Å². The van der Waals surface area contributed by atoms with E-state index in [4.69, 9.17) is 9.47 Å². The van der Waals surface area contributed by atoms with Crippen LogP contribution >= 0.6 is 0 Å². The van der Waals surface area contributed by atoms with Crippen molar-refractivity contribution in [3.8, 4) is 5.75 Å². The van der Waals surface area contributed by atoms with Gasteiger partial charge in [-0.05, 0) is 47.9 Å². The number of fused-ring (bicyclic) bond motifs is 1. The van der Waals surface area contributed by atoms with Crippen molar-refractivity contribution in [1.29, 1.82) is 0 Å². The molecular weight excluding hydrogens is 328 g/mol. The van der Waals surface area contributed by atoms with Gasteiger partial charge in [0, 0.05) is 32.2 Å². The molecule has 0 radical (unpaired) electrons. The van der Waals surface area contributed by atoms with Gasteiger partial charge >= 0.3 is 6.03 Å². The molecule has 144 valence electrons. The maximum atomic E-state index is 12.7. The highest BCUT2D eigenvalue weighted by Gasteiger charge is 2.35. The lowest BCUT2D eigenvalue weighted by Gasteiger charge is -2.40. The highest BCUT2D eigenvalue weighted by atomic mass is 16.5. The van der Waals surface area contributed by atoms with Crippen LogP contribution in [0.3, 0.4) is 0 Å². The van der Waals surface area contributed by atoms with Gasteiger partial charge in [-0.3, -0.25) is 0 Å². The Morgan fingerprint density at radius 3 is 2.88 bits per heavy atom. The molecule has 0 aliphatic carbocycles. The fourth-order valence-corrected chi connectivity index (χ4v) is 4.17. The SMILES string of the molecule is COc1ccc2c(c1)CN(C(=O)NCC1CCCOC1C(C)(C)C)CC2. The second-order valence-electron chi connectivity index (χ2n) is 8.55. The van der Waals surface area contributed by atoms with Crippen LogP contribution in [0.1, 0.15) is 44.7 Å². The first-order valence-corrected chi connectivity index (χ1v) is 9.68. The number of nitrogens with one attached hydrogen (secondary N) is 1. The number of hydrogen-bond acceptors (Lipinski definition) is 3. The van der Waals surface area contributed by atoms with Gasteiger partial charge in [0.1, 0.15) is 5.75 Å². The summed E-state index contributed by atoms with van der Waals surface area (Å²) in [5.74, 6) is 1.23. The number of urea groups is 1. The third-order valence-corrected chi connectivity index (χ3v) is 5.53. The van der Waals surface area contributed by atoms with Crippen molar-refractivity contribution in [3.05, 3.63) is 29.3 Å². The Kier molecular flexibility index (Phi) is 5.76. The van der Waals surface area contributed by atoms with E-state index in [1.807, 2.05) is 17.0 Å². The smallest absolute Gasteiger partial charge is 0.317 e. The summed E-state index contributed by atoms with van der Waals surface area (Å²) in [6, 6.07) is 6.16. The van der Waals surface area contributed by atoms with Gasteiger partial charge in [0.25, 0.3) is 0 Å². The molecule has 26 heavy (non-hydrogen) atoms. The number of methoxy groups -OCH3 is 1. The Morgan fingerprint density at radius 1 is 1.35 bits per heavy atom. The molecule has 0 spiro atoms. The van der Waals surface area contributed by atoms with Gasteiger partial charge in [-0.1, -0.05) is 26.8 Å². The molecule has 0 saturated carbocycles. The molecular formula is C21H32N2O3. The predicted octanol–water partition coefficient (Wildman–Crippen LogP) is 3.60. The van der Waals surface area contributed by atoms with Crippen molar-refractivity contribution in [2.45, 2.75) is 52.7 Å². The van der Waals surface area contributed by atoms with Crippen LogP contribution in [-0.4, -0.2) is 43.8 Å². The maximum absolute atomic E-state index is 12.7. The van der Waals surface area contributed by atoms with Gasteiger partial charge in [0.2, 0.25) is 0 Å². The molecule has 5 heteroatoms. The third-order valence-electron chi connectivity index (χ3n) is 5.53. The van der Waals surface area contributed by atoms with Crippen molar-refractivity contribution >= 4 is 6.03 Å². The summed E-state index contributed by atoms with van der Waals surface area (Å²) in [5.41, 5.74) is 2.58. The van der Waals surface area contributed by atoms with Crippen molar-refractivity contribution in [1.82, 2.24) is 10.2 Å². The van der Waals surface area contributed by atoms with Gasteiger partial charge in [-0.2, -0.15) is 0 Å². The number of benzene rings is 1. The molecule has 5 nitrogen and oxygen atoms in total. The molecule has 2 aliphatic rings. The Balaban J connectivity index is 1.58. The predicted molar refractivity (Wildman–Crippen MR) is 102 cm³/mol. The standard InChI is InChI=1S/C21H32N2O3/c1-21(2,3)19-16(6-5-11-26-19)13-22-20(24)23-10-9-15-7-8-18(25-4)12-17(15)14-23/h7-8,12,16,19H,5-6,9-11,13-14H2,1-4H3,(H,22,24). The molecule has 0 bridgehead atoms. The van der Waals surface area contributed by atoms with E-state index < -0.39 is 0 Å². The highest BCUT2D eigenvalue weighted by molar-refractivity contribution is 5.74. The minimum absolute atomic E-state index is 0.0247. The molecule has 2 aliphatic heterocycles. The third kappa shape index (κ3) is 4.32. The van der Waals surface area contributed by atoms with Crippen LogP contribution in [0.4, 0.5) is 4.79 Å². The second-order valence-corrected chi connectivity index (χ2v) is 8.55. The van der Waals surface area contributed by atoms with E-state index in [-0.39, 0.29) is 17.6 Å². The molecule has 2 atom stereocenters. The fourth-order valence-electron chi connectivity index (χ4n) is 4.17. The second kappa shape index (κ2) is 7.87. The van der Waals surface area contributed by atoms with Crippen LogP contribution in [0.2, 0.25) is 0 Å². The molecule has 1 N–H and O–H groups in total. The lowest BCUT2D eigenvalue weighted by molar-refractivity contribution is -0.0839. The highest BCUT2D eigenvalue weighted by Crippen LogP contribution is 2.33. The van der Waals surface area contributed by atoms with Crippen molar-refractivity contribution in [2.24, 2.45) is 11.3 Å². The summed E-state index contributed by atoms with van der Waals surface area (Å²) in [6.07, 6.45) is 3.28. The molecule has 2 heterocycles. The van der Waals surface area contributed by atoms with Crippen molar-refractivity contribution in [3.63, 3.8) is 0 Å². The summed E-state index contributed by atoms with van der Waals surface area (Å²) in [6.45, 7) is 9.56. The lowest BCUT2D eigenvalue weighted by Crippen LogP contribution is -2.48. The summed E-state index contributed by atoms with van der Waals surface area (Å²) in [7, 11) is 1.67. The van der Waals surface area contributed by atoms with Gasteiger partial charge in [0.15, 0.2) is 0 Å². The lowest BCUT2D eigenvalue weighted by atomic mass is 9.78. The zero-order valence-corrected chi connectivity index (χ0v) is 16.5. The molecule has 1 aromatic rings. The number of nitrogens with zero attached hydrogens (tertiary/aromatic N) is 1. The summed E-state index contributed by atoms with van der Waals surface area (Å²) < 4.78 is 11.3. The van der Waals surface area contributed by atoms with E-state index in [1.165, 1.54) is 11.1 Å². The molecule has 2 amide bonds. The normalized spacial score (nSPS) is 23.3. The van der Waals surface area contributed by atoms with Gasteiger partial charge in [-0.15, -0.1) is 0 Å². The first kappa shape index (κ1) is 19.0.